The van der Waals surface area contributed by atoms with Gasteiger partial charge in [0.15, 0.2) is 0 Å². The first-order valence-electron chi connectivity index (χ1n) is 6.63. The molecule has 0 aliphatic heterocycles. The summed E-state index contributed by atoms with van der Waals surface area (Å²) in [6.45, 7) is 0.906. The van der Waals surface area contributed by atoms with E-state index < -0.39 is 17.4 Å². The molecule has 8 heteroatoms. The van der Waals surface area contributed by atoms with Gasteiger partial charge in [0.05, 0.1) is 23.1 Å². The van der Waals surface area contributed by atoms with E-state index in [1.807, 2.05) is 0 Å². The lowest BCUT2D eigenvalue weighted by molar-refractivity contribution is -0.137. The van der Waals surface area contributed by atoms with Gasteiger partial charge in [-0.3, -0.25) is 0 Å². The quantitative estimate of drug-likeness (QED) is 0.739. The van der Waals surface area contributed by atoms with Crippen LogP contribution in [0.15, 0.2) is 35.3 Å². The number of benzene rings is 1. The highest BCUT2D eigenvalue weighted by Gasteiger charge is 2.34. The van der Waals surface area contributed by atoms with Crippen LogP contribution in [0.4, 0.5) is 18.9 Å². The maximum atomic E-state index is 13.1. The molecule has 0 saturated carbocycles. The predicted octanol–water partition coefficient (Wildman–Crippen LogP) is 2.22. The Morgan fingerprint density at radius 3 is 2.68 bits per heavy atom. The van der Waals surface area contributed by atoms with E-state index in [-0.39, 0.29) is 11.3 Å². The second kappa shape index (κ2) is 6.61. The van der Waals surface area contributed by atoms with E-state index in [4.69, 9.17) is 5.73 Å². The van der Waals surface area contributed by atoms with Crippen LogP contribution in [-0.4, -0.2) is 23.1 Å². The third-order valence-corrected chi connectivity index (χ3v) is 3.01. The molecule has 0 spiro atoms. The molecule has 5 nitrogen and oxygen atoms in total. The summed E-state index contributed by atoms with van der Waals surface area (Å²) in [5.74, 6) is 0. The van der Waals surface area contributed by atoms with Crippen molar-refractivity contribution < 1.29 is 13.2 Å². The second-order valence-electron chi connectivity index (χ2n) is 4.59. The number of hydrogen-bond donors (Lipinski definition) is 3. The standard InChI is InChI=1S/C14H15F3N4O/c15-14(16,17)10-5-2-1-4-9(10)12-11(19-7-3-6-18)8-20-13(22)21-12/h1-2,4-5,8,19H,3,6-7,18H2,(H,20,21,22). The van der Waals surface area contributed by atoms with Crippen LogP contribution in [0.1, 0.15) is 12.0 Å². The maximum Gasteiger partial charge on any atom is 0.417 e. The molecule has 0 aliphatic carbocycles. The minimum Gasteiger partial charge on any atom is -0.382 e. The summed E-state index contributed by atoms with van der Waals surface area (Å²) in [6, 6.07) is 5.06. The summed E-state index contributed by atoms with van der Waals surface area (Å²) in [4.78, 5) is 17.3. The zero-order valence-corrected chi connectivity index (χ0v) is 11.6. The number of aromatic nitrogens is 2. The van der Waals surface area contributed by atoms with Crippen molar-refractivity contribution in [2.45, 2.75) is 12.6 Å². The second-order valence-corrected chi connectivity index (χ2v) is 4.59. The zero-order chi connectivity index (χ0) is 16.2. The molecule has 4 N–H and O–H groups in total. The fraction of sp³-hybridized carbons (Fsp3) is 0.286. The van der Waals surface area contributed by atoms with Gasteiger partial charge < -0.3 is 16.0 Å². The summed E-state index contributed by atoms with van der Waals surface area (Å²) in [6.07, 6.45) is -2.66. The van der Waals surface area contributed by atoms with Crippen LogP contribution in [0.25, 0.3) is 11.3 Å². The molecule has 0 aliphatic rings. The summed E-state index contributed by atoms with van der Waals surface area (Å²) < 4.78 is 39.4. The Bertz CT molecular complexity index is 697. The molecular weight excluding hydrogens is 297 g/mol. The largest absolute Gasteiger partial charge is 0.417 e. The van der Waals surface area contributed by atoms with E-state index in [9.17, 15) is 18.0 Å². The number of nitrogens with one attached hydrogen (secondary N) is 2. The van der Waals surface area contributed by atoms with Crippen LogP contribution in [0.2, 0.25) is 0 Å². The number of halogens is 3. The van der Waals surface area contributed by atoms with Crippen LogP contribution >= 0.6 is 0 Å². The van der Waals surface area contributed by atoms with Crippen molar-refractivity contribution in [2.24, 2.45) is 5.73 Å². The van der Waals surface area contributed by atoms with Crippen molar-refractivity contribution in [3.05, 3.63) is 46.5 Å². The molecule has 1 aromatic carbocycles. The third-order valence-electron chi connectivity index (χ3n) is 3.01. The lowest BCUT2D eigenvalue weighted by atomic mass is 10.0. The molecule has 0 amide bonds. The molecule has 2 rings (SSSR count). The molecule has 0 fully saturated rings. The molecule has 0 saturated heterocycles. The van der Waals surface area contributed by atoms with Crippen molar-refractivity contribution in [1.29, 1.82) is 0 Å². The molecule has 1 heterocycles. The molecule has 0 atom stereocenters. The topological polar surface area (TPSA) is 83.8 Å². The summed E-state index contributed by atoms with van der Waals surface area (Å²) in [5, 5.41) is 2.94. The van der Waals surface area contributed by atoms with E-state index in [1.54, 1.807) is 0 Å². The first kappa shape index (κ1) is 16.0. The van der Waals surface area contributed by atoms with Gasteiger partial charge in [-0.1, -0.05) is 18.2 Å². The first-order chi connectivity index (χ1) is 10.4. The van der Waals surface area contributed by atoms with Gasteiger partial charge in [-0.15, -0.1) is 0 Å². The first-order valence-corrected chi connectivity index (χ1v) is 6.63. The van der Waals surface area contributed by atoms with Crippen LogP contribution in [0.3, 0.4) is 0 Å². The van der Waals surface area contributed by atoms with E-state index >= 15 is 0 Å². The molecule has 118 valence electrons. The van der Waals surface area contributed by atoms with E-state index in [1.165, 1.54) is 24.4 Å². The molecule has 0 unspecified atom stereocenters. The van der Waals surface area contributed by atoms with Gasteiger partial charge in [-0.25, -0.2) is 4.79 Å². The number of alkyl halides is 3. The summed E-state index contributed by atoms with van der Waals surface area (Å²) >= 11 is 0. The van der Waals surface area contributed by atoms with Gasteiger partial charge >= 0.3 is 11.9 Å². The molecular formula is C14H15F3N4O. The highest BCUT2D eigenvalue weighted by atomic mass is 19.4. The van der Waals surface area contributed by atoms with Crippen LogP contribution < -0.4 is 16.7 Å². The Balaban J connectivity index is 2.52. The van der Waals surface area contributed by atoms with Crippen molar-refractivity contribution in [1.82, 2.24) is 9.97 Å². The monoisotopic (exact) mass is 312 g/mol. The SMILES string of the molecule is NCCCNc1cnc(=O)[nH]c1-c1ccccc1C(F)(F)F. The average molecular weight is 312 g/mol. The maximum absolute atomic E-state index is 13.1. The Kier molecular flexibility index (Phi) is 4.81. The van der Waals surface area contributed by atoms with E-state index in [0.717, 1.165) is 6.07 Å². The minimum absolute atomic E-state index is 0.0601. The fourth-order valence-electron chi connectivity index (χ4n) is 2.01. The lowest BCUT2D eigenvalue weighted by Crippen LogP contribution is -2.16. The Labute approximate surface area is 124 Å². The summed E-state index contributed by atoms with van der Waals surface area (Å²) in [7, 11) is 0. The fourth-order valence-corrected chi connectivity index (χ4v) is 2.01. The highest BCUT2D eigenvalue weighted by Crippen LogP contribution is 2.37. The smallest absolute Gasteiger partial charge is 0.382 e. The Morgan fingerprint density at radius 1 is 1.27 bits per heavy atom. The van der Waals surface area contributed by atoms with Crippen LogP contribution in [-0.2, 0) is 6.18 Å². The summed E-state index contributed by atoms with van der Waals surface area (Å²) in [5.41, 5.74) is 4.13. The van der Waals surface area contributed by atoms with Gasteiger partial charge in [-0.05, 0) is 19.0 Å². The Morgan fingerprint density at radius 2 is 2.00 bits per heavy atom. The lowest BCUT2D eigenvalue weighted by Gasteiger charge is -2.15. The number of H-pyrrole nitrogens is 1. The number of aromatic amines is 1. The van der Waals surface area contributed by atoms with Gasteiger partial charge in [0.2, 0.25) is 0 Å². The predicted molar refractivity (Wildman–Crippen MR) is 77.5 cm³/mol. The highest BCUT2D eigenvalue weighted by molar-refractivity contribution is 5.76. The zero-order valence-electron chi connectivity index (χ0n) is 11.6. The van der Waals surface area contributed by atoms with Crippen molar-refractivity contribution in [2.75, 3.05) is 18.4 Å². The third kappa shape index (κ3) is 3.64. The van der Waals surface area contributed by atoms with E-state index in [0.29, 0.717) is 25.2 Å². The number of nitrogens with zero attached hydrogens (tertiary/aromatic N) is 1. The van der Waals surface area contributed by atoms with Crippen molar-refractivity contribution in [3.63, 3.8) is 0 Å². The van der Waals surface area contributed by atoms with Gasteiger partial charge in [0, 0.05) is 12.1 Å². The van der Waals surface area contributed by atoms with Crippen molar-refractivity contribution in [3.8, 4) is 11.3 Å². The molecule has 0 bridgehead atoms. The number of anilines is 1. The number of hydrogen-bond acceptors (Lipinski definition) is 4. The van der Waals surface area contributed by atoms with Crippen LogP contribution in [0.5, 0.6) is 0 Å². The van der Waals surface area contributed by atoms with E-state index in [2.05, 4.69) is 15.3 Å². The van der Waals surface area contributed by atoms with Gasteiger partial charge in [0.25, 0.3) is 0 Å². The Hall–Kier alpha value is -2.35. The molecule has 1 aromatic heterocycles. The average Bonchev–Trinajstić information content (AvgIpc) is 2.48. The number of nitrogens with two attached hydrogens (primary N) is 1. The molecule has 2 aromatic rings. The normalized spacial score (nSPS) is 11.5. The van der Waals surface area contributed by atoms with Crippen LogP contribution in [0, 0.1) is 0 Å². The van der Waals surface area contributed by atoms with Gasteiger partial charge in [0.1, 0.15) is 0 Å². The van der Waals surface area contributed by atoms with Crippen molar-refractivity contribution >= 4 is 5.69 Å². The minimum atomic E-state index is -4.52. The number of rotatable bonds is 5. The molecule has 22 heavy (non-hydrogen) atoms. The molecule has 0 radical (unpaired) electrons. The van der Waals surface area contributed by atoms with Gasteiger partial charge in [-0.2, -0.15) is 18.2 Å².